The summed E-state index contributed by atoms with van der Waals surface area (Å²) in [5.41, 5.74) is 0.608. The van der Waals surface area contributed by atoms with Gasteiger partial charge < -0.3 is 5.32 Å². The van der Waals surface area contributed by atoms with E-state index < -0.39 is 0 Å². The molecule has 2 heterocycles. The highest BCUT2D eigenvalue weighted by molar-refractivity contribution is 6.12. The van der Waals surface area contributed by atoms with Crippen LogP contribution < -0.4 is 5.32 Å². The van der Waals surface area contributed by atoms with Gasteiger partial charge in [-0.1, -0.05) is 36.4 Å². The Morgan fingerprint density at radius 1 is 1.04 bits per heavy atom. The van der Waals surface area contributed by atoms with Gasteiger partial charge in [-0.15, -0.1) is 0 Å². The van der Waals surface area contributed by atoms with E-state index >= 15 is 0 Å². The van der Waals surface area contributed by atoms with Gasteiger partial charge in [-0.25, -0.2) is 15.0 Å². The molecule has 2 aromatic heterocycles. The van der Waals surface area contributed by atoms with Gasteiger partial charge in [0.15, 0.2) is 0 Å². The zero-order chi connectivity index (χ0) is 17.2. The fraction of sp³-hybridized carbons (Fsp3) is 0.0526. The number of aromatic nitrogens is 4. The second-order valence-electron chi connectivity index (χ2n) is 5.59. The molecular formula is C19H15N5O. The molecule has 0 aliphatic rings. The predicted molar refractivity (Wildman–Crippen MR) is 95.8 cm³/mol. The molecule has 0 radical (unpaired) electrons. The van der Waals surface area contributed by atoms with Crippen LogP contribution in [0.15, 0.2) is 67.3 Å². The third-order valence-corrected chi connectivity index (χ3v) is 4.00. The van der Waals surface area contributed by atoms with Crippen molar-refractivity contribution in [1.29, 1.82) is 0 Å². The Labute approximate surface area is 144 Å². The third-order valence-electron chi connectivity index (χ3n) is 4.00. The molecule has 1 N–H and O–H groups in total. The average molecular weight is 329 g/mol. The number of carbonyl (C=O) groups excluding carboxylic acids is 1. The molecule has 6 heteroatoms. The zero-order valence-electron chi connectivity index (χ0n) is 13.5. The van der Waals surface area contributed by atoms with Gasteiger partial charge in [0, 0.05) is 24.0 Å². The van der Waals surface area contributed by atoms with Gasteiger partial charge >= 0.3 is 0 Å². The van der Waals surface area contributed by atoms with Gasteiger partial charge in [0.2, 0.25) is 0 Å². The number of hydrogen-bond donors (Lipinski definition) is 1. The summed E-state index contributed by atoms with van der Waals surface area (Å²) in [6, 6.07) is 15.2. The molecule has 0 atom stereocenters. The van der Waals surface area contributed by atoms with E-state index in [1.165, 1.54) is 6.33 Å². The van der Waals surface area contributed by atoms with Crippen molar-refractivity contribution in [2.24, 2.45) is 0 Å². The molecule has 0 aliphatic heterocycles. The van der Waals surface area contributed by atoms with Gasteiger partial charge in [0.25, 0.3) is 5.91 Å². The summed E-state index contributed by atoms with van der Waals surface area (Å²) >= 11 is 0. The van der Waals surface area contributed by atoms with Crippen molar-refractivity contribution in [3.05, 3.63) is 78.6 Å². The Bertz CT molecular complexity index is 1060. The molecule has 0 saturated heterocycles. The molecule has 0 spiro atoms. The quantitative estimate of drug-likeness (QED) is 0.625. The van der Waals surface area contributed by atoms with Gasteiger partial charge in [0.1, 0.15) is 23.8 Å². The van der Waals surface area contributed by atoms with Gasteiger partial charge in [-0.3, -0.25) is 9.36 Å². The number of fused-ring (bicyclic) bond motifs is 1. The van der Waals surface area contributed by atoms with E-state index in [-0.39, 0.29) is 5.91 Å². The maximum atomic E-state index is 12.7. The lowest BCUT2D eigenvalue weighted by Gasteiger charge is -2.09. The molecule has 25 heavy (non-hydrogen) atoms. The normalized spacial score (nSPS) is 10.8. The number of carbonyl (C=O) groups is 1. The van der Waals surface area contributed by atoms with Crippen molar-refractivity contribution in [3.8, 4) is 5.82 Å². The van der Waals surface area contributed by atoms with Crippen LogP contribution in [0.4, 0.5) is 5.82 Å². The van der Waals surface area contributed by atoms with Crippen molar-refractivity contribution in [2.75, 3.05) is 5.32 Å². The molecular weight excluding hydrogens is 314 g/mol. The molecule has 4 rings (SSSR count). The lowest BCUT2D eigenvalue weighted by atomic mass is 10.0. The number of nitrogens with zero attached hydrogens (tertiary/aromatic N) is 4. The zero-order valence-corrected chi connectivity index (χ0v) is 13.5. The highest BCUT2D eigenvalue weighted by atomic mass is 16.1. The maximum Gasteiger partial charge on any atom is 0.257 e. The molecule has 0 saturated carbocycles. The van der Waals surface area contributed by atoms with E-state index in [0.29, 0.717) is 17.2 Å². The first-order chi connectivity index (χ1) is 12.2. The van der Waals surface area contributed by atoms with E-state index in [2.05, 4.69) is 20.3 Å². The Kier molecular flexibility index (Phi) is 3.70. The molecule has 0 fully saturated rings. The van der Waals surface area contributed by atoms with Crippen LogP contribution in [0.25, 0.3) is 16.6 Å². The van der Waals surface area contributed by atoms with E-state index in [1.54, 1.807) is 18.3 Å². The van der Waals surface area contributed by atoms with Crippen LogP contribution in [0.1, 0.15) is 16.2 Å². The summed E-state index contributed by atoms with van der Waals surface area (Å²) in [4.78, 5) is 25.3. The Hall–Kier alpha value is -3.54. The molecule has 4 aromatic rings. The summed E-state index contributed by atoms with van der Waals surface area (Å²) in [5, 5.41) is 4.77. The lowest BCUT2D eigenvalue weighted by Crippen LogP contribution is -2.14. The topological polar surface area (TPSA) is 72.7 Å². The highest BCUT2D eigenvalue weighted by Gasteiger charge is 2.11. The number of amides is 1. The molecule has 0 aliphatic carbocycles. The van der Waals surface area contributed by atoms with E-state index in [4.69, 9.17) is 0 Å². The van der Waals surface area contributed by atoms with Crippen LogP contribution in [-0.4, -0.2) is 25.4 Å². The van der Waals surface area contributed by atoms with E-state index in [0.717, 1.165) is 16.6 Å². The van der Waals surface area contributed by atoms with Gasteiger partial charge in [0.05, 0.1) is 0 Å². The van der Waals surface area contributed by atoms with Crippen molar-refractivity contribution < 1.29 is 4.79 Å². The molecule has 0 bridgehead atoms. The third kappa shape index (κ3) is 2.85. The van der Waals surface area contributed by atoms with E-state index in [1.807, 2.05) is 54.1 Å². The number of imidazole rings is 1. The number of aryl methyl sites for hydroxylation is 1. The monoisotopic (exact) mass is 329 g/mol. The lowest BCUT2D eigenvalue weighted by molar-refractivity contribution is 0.102. The van der Waals surface area contributed by atoms with E-state index in [9.17, 15) is 4.79 Å². The average Bonchev–Trinajstić information content (AvgIpc) is 3.07. The van der Waals surface area contributed by atoms with Crippen molar-refractivity contribution in [1.82, 2.24) is 19.5 Å². The Morgan fingerprint density at radius 3 is 2.72 bits per heavy atom. The first-order valence-electron chi connectivity index (χ1n) is 7.84. The van der Waals surface area contributed by atoms with Crippen LogP contribution in [0, 0.1) is 6.92 Å². The number of rotatable bonds is 3. The summed E-state index contributed by atoms with van der Waals surface area (Å²) in [5.74, 6) is 1.70. The minimum absolute atomic E-state index is 0.205. The second kappa shape index (κ2) is 6.16. The number of nitrogens with one attached hydrogen (secondary N) is 1. The summed E-state index contributed by atoms with van der Waals surface area (Å²) in [6.45, 7) is 1.89. The van der Waals surface area contributed by atoms with Crippen LogP contribution >= 0.6 is 0 Å². The van der Waals surface area contributed by atoms with Crippen molar-refractivity contribution >= 4 is 22.5 Å². The number of benzene rings is 2. The molecule has 0 unspecified atom stereocenters. The molecule has 2 aromatic carbocycles. The second-order valence-corrected chi connectivity index (χ2v) is 5.59. The van der Waals surface area contributed by atoms with Crippen LogP contribution in [-0.2, 0) is 0 Å². The summed E-state index contributed by atoms with van der Waals surface area (Å²) in [6.07, 6.45) is 4.94. The SMILES string of the molecule is Cc1nccn1-c1cc(NC(=O)c2cccc3ccccc23)ncn1. The van der Waals surface area contributed by atoms with Crippen LogP contribution in [0.3, 0.4) is 0 Å². The van der Waals surface area contributed by atoms with Crippen molar-refractivity contribution in [2.45, 2.75) is 6.92 Å². The Morgan fingerprint density at radius 2 is 1.88 bits per heavy atom. The molecule has 6 nitrogen and oxygen atoms in total. The fourth-order valence-electron chi connectivity index (χ4n) is 2.77. The predicted octanol–water partition coefficient (Wildman–Crippen LogP) is 3.38. The Balaban J connectivity index is 1.66. The maximum absolute atomic E-state index is 12.7. The van der Waals surface area contributed by atoms with Gasteiger partial charge in [-0.2, -0.15) is 0 Å². The molecule has 122 valence electrons. The van der Waals surface area contributed by atoms with Crippen LogP contribution in [0.2, 0.25) is 0 Å². The number of anilines is 1. The minimum Gasteiger partial charge on any atom is -0.306 e. The standard InChI is InChI=1S/C19H15N5O/c1-13-20-9-10-24(13)18-11-17(21-12-22-18)23-19(25)16-8-4-6-14-5-2-3-7-15(14)16/h2-12H,1H3,(H,21,22,23,25). The smallest absolute Gasteiger partial charge is 0.257 e. The van der Waals surface area contributed by atoms with Crippen LogP contribution in [0.5, 0.6) is 0 Å². The summed E-state index contributed by atoms with van der Waals surface area (Å²) < 4.78 is 1.83. The fourth-order valence-corrected chi connectivity index (χ4v) is 2.77. The first-order valence-corrected chi connectivity index (χ1v) is 7.84. The first kappa shape index (κ1) is 15.0. The minimum atomic E-state index is -0.205. The number of hydrogen-bond acceptors (Lipinski definition) is 4. The van der Waals surface area contributed by atoms with Crippen molar-refractivity contribution in [3.63, 3.8) is 0 Å². The largest absolute Gasteiger partial charge is 0.306 e. The molecule has 1 amide bonds. The highest BCUT2D eigenvalue weighted by Crippen LogP contribution is 2.20. The van der Waals surface area contributed by atoms with Gasteiger partial charge in [-0.05, 0) is 23.8 Å². The summed E-state index contributed by atoms with van der Waals surface area (Å²) in [7, 11) is 0.